The molecule has 1 fully saturated rings. The molecule has 10 heteroatoms. The van der Waals surface area contributed by atoms with Crippen LogP contribution in [-0.4, -0.2) is 78.1 Å². The molecular weight excluding hydrogens is 554 g/mol. The van der Waals surface area contributed by atoms with Gasteiger partial charge in [-0.3, -0.25) is 19.2 Å². The summed E-state index contributed by atoms with van der Waals surface area (Å²) in [5, 5.41) is 8.88. The molecule has 0 radical (unpaired) electrons. The Morgan fingerprint density at radius 2 is 1.65 bits per heavy atom. The summed E-state index contributed by atoms with van der Waals surface area (Å²) >= 11 is 0. The van der Waals surface area contributed by atoms with E-state index in [1.54, 1.807) is 18.2 Å². The number of aliphatic hydroxyl groups excluding tert-OH is 1. The van der Waals surface area contributed by atoms with E-state index in [-0.39, 0.29) is 36.9 Å². The molecule has 0 aromatic heterocycles. The first-order valence-corrected chi connectivity index (χ1v) is 15.2. The van der Waals surface area contributed by atoms with Gasteiger partial charge in [-0.2, -0.15) is 0 Å². The van der Waals surface area contributed by atoms with Crippen molar-refractivity contribution in [2.75, 3.05) is 20.3 Å². The molecule has 0 saturated carbocycles. The van der Waals surface area contributed by atoms with Crippen molar-refractivity contribution in [3.05, 3.63) is 41.5 Å². The number of methoxy groups -OCH3 is 1. The molecule has 43 heavy (non-hydrogen) atoms. The molecule has 238 valence electrons. The smallest absolute Gasteiger partial charge is 0.417 e. The third-order valence-electron chi connectivity index (χ3n) is 7.49. The first-order chi connectivity index (χ1) is 20.5. The number of ketones is 2. The van der Waals surface area contributed by atoms with Gasteiger partial charge in [-0.1, -0.05) is 82.2 Å². The predicted octanol–water partition coefficient (Wildman–Crippen LogP) is 4.97. The van der Waals surface area contributed by atoms with E-state index in [9.17, 15) is 24.0 Å². The van der Waals surface area contributed by atoms with E-state index in [1.165, 1.54) is 7.11 Å². The van der Waals surface area contributed by atoms with Crippen LogP contribution in [0.25, 0.3) is 5.57 Å². The minimum Gasteiger partial charge on any atom is -0.451 e. The van der Waals surface area contributed by atoms with Gasteiger partial charge in [0.05, 0.1) is 6.04 Å². The average molecular weight is 602 g/mol. The van der Waals surface area contributed by atoms with Crippen molar-refractivity contribution >= 4 is 35.1 Å². The van der Waals surface area contributed by atoms with Gasteiger partial charge in [0.15, 0.2) is 23.8 Å². The SMILES string of the molecule is CO[C@H](C(=O)N1C(=O)OC[C@@H]1C(C)C)[C@H](OC(C)=O)C(=O)C=C(C(=O)CCCCCCCCCCO)c1cccc(C)c1. The van der Waals surface area contributed by atoms with Gasteiger partial charge < -0.3 is 19.3 Å². The monoisotopic (exact) mass is 601 g/mol. The van der Waals surface area contributed by atoms with Crippen LogP contribution in [0.15, 0.2) is 30.3 Å². The quantitative estimate of drug-likeness (QED) is 0.132. The molecule has 1 saturated heterocycles. The molecule has 0 bridgehead atoms. The Balaban J connectivity index is 2.28. The lowest BCUT2D eigenvalue weighted by molar-refractivity contribution is -0.166. The molecule has 2 amide bonds. The minimum absolute atomic E-state index is 0.000474. The summed E-state index contributed by atoms with van der Waals surface area (Å²) in [6, 6.07) is 6.59. The third kappa shape index (κ3) is 11.0. The van der Waals surface area contributed by atoms with Gasteiger partial charge in [0.1, 0.15) is 6.61 Å². The number of aryl methyl sites for hydroxylation is 1. The maximum atomic E-state index is 13.7. The fourth-order valence-corrected chi connectivity index (χ4v) is 5.07. The Labute approximate surface area is 254 Å². The zero-order valence-electron chi connectivity index (χ0n) is 26.1. The number of nitrogens with zero attached hydrogens (tertiary/aromatic N) is 1. The fourth-order valence-electron chi connectivity index (χ4n) is 5.07. The topological polar surface area (TPSA) is 137 Å². The van der Waals surface area contributed by atoms with E-state index >= 15 is 0 Å². The lowest BCUT2D eigenvalue weighted by Gasteiger charge is -2.29. The van der Waals surface area contributed by atoms with Crippen LogP contribution in [0.4, 0.5) is 4.79 Å². The number of hydrogen-bond donors (Lipinski definition) is 1. The summed E-state index contributed by atoms with van der Waals surface area (Å²) < 4.78 is 15.7. The Hall–Kier alpha value is -3.37. The Bertz CT molecular complexity index is 1140. The Kier molecular flexibility index (Phi) is 15.3. The number of hydrogen-bond acceptors (Lipinski definition) is 9. The first-order valence-electron chi connectivity index (χ1n) is 15.2. The summed E-state index contributed by atoms with van der Waals surface area (Å²) in [5.74, 6) is -2.88. The van der Waals surface area contributed by atoms with Gasteiger partial charge >= 0.3 is 12.1 Å². The Morgan fingerprint density at radius 3 is 2.21 bits per heavy atom. The maximum Gasteiger partial charge on any atom is 0.417 e. The standard InChI is InChI=1S/C33H47NO9/c1-22(2)27-21-42-33(40)34(27)32(39)31(41-5)30(43-24(4)36)29(38)20-26(25-16-14-15-23(3)19-25)28(37)17-12-10-8-6-7-9-11-13-18-35/h14-16,19-20,22,27,30-31,35H,6-13,17-18,21H2,1-5H3/t27-,30-,31+/m1/s1. The third-order valence-corrected chi connectivity index (χ3v) is 7.49. The molecular formula is C33H47NO9. The van der Waals surface area contributed by atoms with Crippen LogP contribution in [0.1, 0.15) is 89.7 Å². The van der Waals surface area contributed by atoms with Crippen LogP contribution < -0.4 is 0 Å². The van der Waals surface area contributed by atoms with E-state index < -0.39 is 42.0 Å². The second-order valence-corrected chi connectivity index (χ2v) is 11.3. The summed E-state index contributed by atoms with van der Waals surface area (Å²) in [4.78, 5) is 66.1. The van der Waals surface area contributed by atoms with Crippen LogP contribution in [0.5, 0.6) is 0 Å². The number of ether oxygens (including phenoxy) is 3. The summed E-state index contributed by atoms with van der Waals surface area (Å²) in [7, 11) is 1.18. The number of imide groups is 1. The van der Waals surface area contributed by atoms with E-state index in [0.717, 1.165) is 68.4 Å². The van der Waals surface area contributed by atoms with Crippen molar-refractivity contribution in [1.29, 1.82) is 0 Å². The second-order valence-electron chi connectivity index (χ2n) is 11.3. The van der Waals surface area contributed by atoms with E-state index in [4.69, 9.17) is 19.3 Å². The minimum atomic E-state index is -1.73. The molecule has 0 aliphatic carbocycles. The number of rotatable bonds is 19. The fraction of sp³-hybridized carbons (Fsp3) is 0.606. The number of cyclic esters (lactones) is 1. The molecule has 2 rings (SSSR count). The summed E-state index contributed by atoms with van der Waals surface area (Å²) in [6.45, 7) is 6.84. The molecule has 1 aromatic carbocycles. The van der Waals surface area contributed by atoms with Gasteiger partial charge in [-0.05, 0) is 37.3 Å². The van der Waals surface area contributed by atoms with Gasteiger partial charge in [0.25, 0.3) is 5.91 Å². The van der Waals surface area contributed by atoms with Gasteiger partial charge in [0, 0.05) is 32.6 Å². The number of allylic oxidation sites excluding steroid dienone is 1. The zero-order valence-corrected chi connectivity index (χ0v) is 26.1. The van der Waals surface area contributed by atoms with Gasteiger partial charge in [0.2, 0.25) is 0 Å². The Morgan fingerprint density at radius 1 is 1.02 bits per heavy atom. The number of Topliss-reactive ketones (excluding diaryl/α,β-unsaturated/α-hetero) is 1. The van der Waals surface area contributed by atoms with Crippen LogP contribution in [0.3, 0.4) is 0 Å². The number of carbonyl (C=O) groups is 5. The normalized spacial score (nSPS) is 16.6. The second kappa shape index (κ2) is 18.3. The summed E-state index contributed by atoms with van der Waals surface area (Å²) in [5.41, 5.74) is 1.57. The van der Waals surface area contributed by atoms with Crippen LogP contribution in [-0.2, 0) is 33.4 Å². The molecule has 0 spiro atoms. The van der Waals surface area contributed by atoms with Crippen LogP contribution in [0.2, 0.25) is 0 Å². The number of aliphatic hydroxyl groups is 1. The highest BCUT2D eigenvalue weighted by atomic mass is 16.6. The lowest BCUT2D eigenvalue weighted by atomic mass is 9.93. The highest BCUT2D eigenvalue weighted by Crippen LogP contribution is 2.25. The molecule has 1 aromatic rings. The van der Waals surface area contributed by atoms with Crippen molar-refractivity contribution in [1.82, 2.24) is 4.90 Å². The molecule has 1 aliphatic heterocycles. The highest BCUT2D eigenvalue weighted by molar-refractivity contribution is 6.25. The number of benzene rings is 1. The van der Waals surface area contributed by atoms with Crippen molar-refractivity contribution < 1.29 is 43.3 Å². The number of unbranched alkanes of at least 4 members (excludes halogenated alkanes) is 7. The molecule has 1 heterocycles. The van der Waals surface area contributed by atoms with Crippen molar-refractivity contribution in [3.63, 3.8) is 0 Å². The van der Waals surface area contributed by atoms with Gasteiger partial charge in [-0.15, -0.1) is 0 Å². The van der Waals surface area contributed by atoms with E-state index in [0.29, 0.717) is 12.0 Å². The number of amides is 2. The van der Waals surface area contributed by atoms with E-state index in [2.05, 4.69) is 0 Å². The number of esters is 1. The lowest BCUT2D eigenvalue weighted by Crippen LogP contribution is -2.53. The largest absolute Gasteiger partial charge is 0.451 e. The molecule has 10 nitrogen and oxygen atoms in total. The maximum absolute atomic E-state index is 13.7. The first kappa shape index (κ1) is 35.8. The zero-order chi connectivity index (χ0) is 31.9. The molecule has 1 aliphatic rings. The average Bonchev–Trinajstić information content (AvgIpc) is 3.35. The summed E-state index contributed by atoms with van der Waals surface area (Å²) in [6.07, 6.45) is 4.65. The van der Waals surface area contributed by atoms with Crippen molar-refractivity contribution in [2.24, 2.45) is 5.92 Å². The molecule has 3 atom stereocenters. The van der Waals surface area contributed by atoms with Crippen LogP contribution in [0, 0.1) is 12.8 Å². The van der Waals surface area contributed by atoms with Gasteiger partial charge in [-0.25, -0.2) is 9.69 Å². The predicted molar refractivity (Wildman–Crippen MR) is 161 cm³/mol. The van der Waals surface area contributed by atoms with E-state index in [1.807, 2.05) is 26.8 Å². The highest BCUT2D eigenvalue weighted by Gasteiger charge is 2.47. The van der Waals surface area contributed by atoms with Crippen LogP contribution >= 0.6 is 0 Å². The molecule has 1 N–H and O–H groups in total. The van der Waals surface area contributed by atoms with Crippen molar-refractivity contribution in [2.45, 2.75) is 104 Å². The van der Waals surface area contributed by atoms with Crippen molar-refractivity contribution in [3.8, 4) is 0 Å². The number of carbonyl (C=O) groups excluding carboxylic acids is 5. The molecule has 0 unspecified atom stereocenters.